The molecule has 3 N–H and O–H groups in total. The lowest BCUT2D eigenvalue weighted by Crippen LogP contribution is -2.18. The molecule has 0 atom stereocenters. The van der Waals surface area contributed by atoms with Crippen LogP contribution in [0.4, 0.5) is 8.78 Å². The number of benzene rings is 1. The normalized spacial score (nSPS) is 11.2. The van der Waals surface area contributed by atoms with Crippen molar-refractivity contribution >= 4 is 15.9 Å². The van der Waals surface area contributed by atoms with E-state index in [1.165, 1.54) is 7.05 Å². The third-order valence-electron chi connectivity index (χ3n) is 2.37. The van der Waals surface area contributed by atoms with Gasteiger partial charge in [-0.1, -0.05) is 0 Å². The molecular weight excluding hydrogens is 294 g/mol. The third kappa shape index (κ3) is 4.42. The Kier molecular flexibility index (Phi) is 5.40. The van der Waals surface area contributed by atoms with E-state index >= 15 is 0 Å². The van der Waals surface area contributed by atoms with Crippen LogP contribution < -0.4 is 15.2 Å². The molecule has 1 rings (SSSR count). The summed E-state index contributed by atoms with van der Waals surface area (Å²) < 4.78 is 53.9. The minimum absolute atomic E-state index is 0.0873. The lowest BCUT2D eigenvalue weighted by atomic mass is 10.3. The van der Waals surface area contributed by atoms with Crippen LogP contribution in [0.25, 0.3) is 0 Å². The molecule has 0 unspecified atom stereocenters. The van der Waals surface area contributed by atoms with Crippen LogP contribution >= 0.6 is 0 Å². The molecule has 0 saturated carbocycles. The molecule has 0 saturated heterocycles. The molecule has 112 valence electrons. The fourth-order valence-corrected chi connectivity index (χ4v) is 1.91. The van der Waals surface area contributed by atoms with Crippen molar-refractivity contribution in [2.45, 2.75) is 17.7 Å². The van der Waals surface area contributed by atoms with Gasteiger partial charge in [0.2, 0.25) is 15.9 Å². The topological polar surface area (TPSA) is 98.5 Å². The molecule has 0 bridgehead atoms. The van der Waals surface area contributed by atoms with Crippen molar-refractivity contribution in [2.24, 2.45) is 5.14 Å². The molecule has 0 aromatic heterocycles. The molecule has 1 aromatic carbocycles. The predicted octanol–water partition coefficient (Wildman–Crippen LogP) is 0.517. The maximum atomic E-state index is 13.5. The second-order valence-corrected chi connectivity index (χ2v) is 5.45. The standard InChI is InChI=1S/C11H14F2N2O4S/c1-15-10(16)3-2-4-19-11-8(12)5-7(6-9(11)13)20(14,17)18/h5-6H,2-4H2,1H3,(H,15,16)(H2,14,17,18). The van der Waals surface area contributed by atoms with Crippen LogP contribution in [-0.4, -0.2) is 28.0 Å². The summed E-state index contributed by atoms with van der Waals surface area (Å²) in [4.78, 5) is 10.2. The third-order valence-corrected chi connectivity index (χ3v) is 3.27. The van der Waals surface area contributed by atoms with Gasteiger partial charge >= 0.3 is 0 Å². The molecule has 20 heavy (non-hydrogen) atoms. The van der Waals surface area contributed by atoms with Gasteiger partial charge in [0.25, 0.3) is 0 Å². The first-order valence-electron chi connectivity index (χ1n) is 5.61. The molecule has 0 aliphatic carbocycles. The number of ether oxygens (including phenoxy) is 1. The molecule has 0 radical (unpaired) electrons. The van der Waals surface area contributed by atoms with E-state index in [0.717, 1.165) is 0 Å². The number of sulfonamides is 1. The Balaban J connectivity index is 2.75. The number of amides is 1. The lowest BCUT2D eigenvalue weighted by molar-refractivity contribution is -0.120. The van der Waals surface area contributed by atoms with E-state index in [-0.39, 0.29) is 25.4 Å². The van der Waals surface area contributed by atoms with Gasteiger partial charge in [-0.25, -0.2) is 22.3 Å². The summed E-state index contributed by atoms with van der Waals surface area (Å²) in [7, 11) is -2.73. The largest absolute Gasteiger partial charge is 0.488 e. The number of hydrogen-bond donors (Lipinski definition) is 2. The van der Waals surface area contributed by atoms with Gasteiger partial charge in [0.15, 0.2) is 17.4 Å². The van der Waals surface area contributed by atoms with E-state index in [9.17, 15) is 22.0 Å². The zero-order valence-electron chi connectivity index (χ0n) is 10.7. The van der Waals surface area contributed by atoms with E-state index < -0.39 is 32.3 Å². The zero-order chi connectivity index (χ0) is 15.3. The average Bonchev–Trinajstić information content (AvgIpc) is 2.35. The first kappa shape index (κ1) is 16.3. The van der Waals surface area contributed by atoms with Crippen molar-refractivity contribution in [2.75, 3.05) is 13.7 Å². The molecule has 0 fully saturated rings. The van der Waals surface area contributed by atoms with E-state index in [1.54, 1.807) is 0 Å². The minimum Gasteiger partial charge on any atom is -0.488 e. The van der Waals surface area contributed by atoms with Crippen molar-refractivity contribution < 1.29 is 26.7 Å². The van der Waals surface area contributed by atoms with Crippen LogP contribution in [0.3, 0.4) is 0 Å². The van der Waals surface area contributed by atoms with Gasteiger partial charge in [-0.2, -0.15) is 0 Å². The van der Waals surface area contributed by atoms with E-state index in [1.807, 2.05) is 0 Å². The Morgan fingerprint density at radius 1 is 1.35 bits per heavy atom. The summed E-state index contributed by atoms with van der Waals surface area (Å²) in [5.41, 5.74) is 0. The Hall–Kier alpha value is -1.74. The van der Waals surface area contributed by atoms with Crippen LogP contribution in [0.1, 0.15) is 12.8 Å². The van der Waals surface area contributed by atoms with Gasteiger partial charge in [-0.3, -0.25) is 4.79 Å². The summed E-state index contributed by atoms with van der Waals surface area (Å²) in [5.74, 6) is -3.27. The highest BCUT2D eigenvalue weighted by atomic mass is 32.2. The number of halogens is 2. The predicted molar refractivity (Wildman–Crippen MR) is 66.5 cm³/mol. The van der Waals surface area contributed by atoms with Gasteiger partial charge in [-0.15, -0.1) is 0 Å². The summed E-state index contributed by atoms with van der Waals surface area (Å²) in [6.45, 7) is -0.0873. The highest BCUT2D eigenvalue weighted by molar-refractivity contribution is 7.89. The van der Waals surface area contributed by atoms with Gasteiger partial charge in [-0.05, 0) is 18.6 Å². The number of nitrogens with two attached hydrogens (primary N) is 1. The number of carbonyl (C=O) groups is 1. The van der Waals surface area contributed by atoms with E-state index in [0.29, 0.717) is 12.1 Å². The second kappa shape index (κ2) is 6.62. The number of hydrogen-bond acceptors (Lipinski definition) is 4. The Bertz CT molecular complexity index is 581. The van der Waals surface area contributed by atoms with Crippen molar-refractivity contribution in [3.8, 4) is 5.75 Å². The van der Waals surface area contributed by atoms with Crippen molar-refractivity contribution in [3.05, 3.63) is 23.8 Å². The highest BCUT2D eigenvalue weighted by Crippen LogP contribution is 2.25. The van der Waals surface area contributed by atoms with Crippen molar-refractivity contribution in [1.29, 1.82) is 0 Å². The Morgan fingerprint density at radius 2 is 1.90 bits per heavy atom. The summed E-state index contributed by atoms with van der Waals surface area (Å²) in [6, 6.07) is 1.15. The average molecular weight is 308 g/mol. The van der Waals surface area contributed by atoms with Gasteiger partial charge in [0, 0.05) is 13.5 Å². The lowest BCUT2D eigenvalue weighted by Gasteiger charge is -2.09. The molecule has 0 aliphatic rings. The first-order chi connectivity index (χ1) is 9.25. The van der Waals surface area contributed by atoms with Crippen LogP contribution in [0.5, 0.6) is 5.75 Å². The van der Waals surface area contributed by atoms with Crippen LogP contribution in [-0.2, 0) is 14.8 Å². The number of nitrogens with one attached hydrogen (secondary N) is 1. The first-order valence-corrected chi connectivity index (χ1v) is 7.15. The molecule has 0 heterocycles. The van der Waals surface area contributed by atoms with E-state index in [2.05, 4.69) is 5.32 Å². The SMILES string of the molecule is CNC(=O)CCCOc1c(F)cc(S(N)(=O)=O)cc1F. The Labute approximate surface area is 115 Å². The second-order valence-electron chi connectivity index (χ2n) is 3.89. The molecule has 9 heteroatoms. The Morgan fingerprint density at radius 3 is 2.35 bits per heavy atom. The molecular formula is C11H14F2N2O4S. The van der Waals surface area contributed by atoms with Gasteiger partial charge in [0.1, 0.15) is 0 Å². The van der Waals surface area contributed by atoms with Crippen LogP contribution in [0.15, 0.2) is 17.0 Å². The molecule has 1 amide bonds. The maximum Gasteiger partial charge on any atom is 0.238 e. The fraction of sp³-hybridized carbons (Fsp3) is 0.364. The summed E-state index contributed by atoms with van der Waals surface area (Å²) in [6.07, 6.45) is 0.407. The summed E-state index contributed by atoms with van der Waals surface area (Å²) in [5, 5.41) is 7.16. The smallest absolute Gasteiger partial charge is 0.238 e. The monoisotopic (exact) mass is 308 g/mol. The van der Waals surface area contributed by atoms with Crippen molar-refractivity contribution in [3.63, 3.8) is 0 Å². The quantitative estimate of drug-likeness (QED) is 0.748. The fourth-order valence-electron chi connectivity index (χ4n) is 1.37. The number of rotatable bonds is 6. The van der Waals surface area contributed by atoms with Crippen LogP contribution in [0.2, 0.25) is 0 Å². The molecule has 0 spiro atoms. The number of primary sulfonamides is 1. The van der Waals surface area contributed by atoms with Crippen LogP contribution in [0, 0.1) is 11.6 Å². The van der Waals surface area contributed by atoms with Gasteiger partial charge < -0.3 is 10.1 Å². The van der Waals surface area contributed by atoms with Gasteiger partial charge in [0.05, 0.1) is 11.5 Å². The maximum absolute atomic E-state index is 13.5. The zero-order valence-corrected chi connectivity index (χ0v) is 11.5. The van der Waals surface area contributed by atoms with Crippen molar-refractivity contribution in [1.82, 2.24) is 5.32 Å². The highest BCUT2D eigenvalue weighted by Gasteiger charge is 2.18. The molecule has 0 aliphatic heterocycles. The molecule has 6 nitrogen and oxygen atoms in total. The van der Waals surface area contributed by atoms with E-state index in [4.69, 9.17) is 9.88 Å². The minimum atomic E-state index is -4.19. The molecule has 1 aromatic rings. The number of carbonyl (C=O) groups excluding carboxylic acids is 1. The summed E-state index contributed by atoms with van der Waals surface area (Å²) >= 11 is 0.